The molecule has 1 heterocycles. The lowest BCUT2D eigenvalue weighted by Crippen LogP contribution is -2.20. The summed E-state index contributed by atoms with van der Waals surface area (Å²) in [6.07, 6.45) is 4.53. The van der Waals surface area contributed by atoms with E-state index in [1.54, 1.807) is 12.3 Å². The molecule has 1 amide bonds. The molecule has 0 aliphatic carbocycles. The van der Waals surface area contributed by atoms with Crippen molar-refractivity contribution in [2.45, 2.75) is 13.0 Å². The molecule has 1 aromatic carbocycles. The van der Waals surface area contributed by atoms with Gasteiger partial charge in [-0.25, -0.2) is 0 Å². The van der Waals surface area contributed by atoms with E-state index in [1.165, 1.54) is 5.56 Å². The molecule has 3 N–H and O–H groups in total. The Labute approximate surface area is 112 Å². The van der Waals surface area contributed by atoms with Crippen LogP contribution in [-0.4, -0.2) is 17.4 Å². The molecule has 0 spiro atoms. The second kappa shape index (κ2) is 6.66. The fraction of sp³-hybridized carbons (Fsp3) is 0.200. The lowest BCUT2D eigenvalue weighted by molar-refractivity contribution is 0.0999. The standard InChI is InChI=1S/C15H17N3O/c16-15(19)14-6-2-1-5-13(14)11-18-9-7-12-4-3-8-17-10-12/h1-6,8,10,18H,7,9,11H2,(H2,16,19). The van der Waals surface area contributed by atoms with Crippen molar-refractivity contribution >= 4 is 5.91 Å². The highest BCUT2D eigenvalue weighted by Gasteiger charge is 2.05. The maximum atomic E-state index is 11.3. The van der Waals surface area contributed by atoms with E-state index in [0.29, 0.717) is 12.1 Å². The normalized spacial score (nSPS) is 10.3. The fourth-order valence-electron chi connectivity index (χ4n) is 1.92. The van der Waals surface area contributed by atoms with Crippen LogP contribution in [-0.2, 0) is 13.0 Å². The number of pyridine rings is 1. The average molecular weight is 255 g/mol. The second-order valence-electron chi connectivity index (χ2n) is 4.31. The Morgan fingerprint density at radius 3 is 2.79 bits per heavy atom. The van der Waals surface area contributed by atoms with Crippen molar-refractivity contribution in [3.63, 3.8) is 0 Å². The van der Waals surface area contributed by atoms with Gasteiger partial charge in [0, 0.05) is 24.5 Å². The number of rotatable bonds is 6. The van der Waals surface area contributed by atoms with Gasteiger partial charge < -0.3 is 11.1 Å². The highest BCUT2D eigenvalue weighted by molar-refractivity contribution is 5.94. The summed E-state index contributed by atoms with van der Waals surface area (Å²) in [4.78, 5) is 15.3. The number of nitrogens with two attached hydrogens (primary N) is 1. The van der Waals surface area contributed by atoms with Gasteiger partial charge in [0.15, 0.2) is 0 Å². The molecule has 4 heteroatoms. The second-order valence-corrected chi connectivity index (χ2v) is 4.31. The van der Waals surface area contributed by atoms with Crippen molar-refractivity contribution < 1.29 is 4.79 Å². The van der Waals surface area contributed by atoms with Crippen molar-refractivity contribution in [2.75, 3.05) is 6.54 Å². The lowest BCUT2D eigenvalue weighted by atomic mass is 10.1. The van der Waals surface area contributed by atoms with Gasteiger partial charge in [-0.05, 0) is 36.2 Å². The summed E-state index contributed by atoms with van der Waals surface area (Å²) >= 11 is 0. The number of carbonyl (C=O) groups is 1. The first-order chi connectivity index (χ1) is 9.27. The van der Waals surface area contributed by atoms with Gasteiger partial charge >= 0.3 is 0 Å². The molecular formula is C15H17N3O. The van der Waals surface area contributed by atoms with Crippen LogP contribution in [0.2, 0.25) is 0 Å². The van der Waals surface area contributed by atoms with Crippen molar-refractivity contribution in [1.82, 2.24) is 10.3 Å². The quantitative estimate of drug-likeness (QED) is 0.769. The molecule has 19 heavy (non-hydrogen) atoms. The summed E-state index contributed by atoms with van der Waals surface area (Å²) < 4.78 is 0. The number of nitrogens with zero attached hydrogens (tertiary/aromatic N) is 1. The van der Waals surface area contributed by atoms with Crippen LogP contribution in [0.15, 0.2) is 48.8 Å². The molecule has 0 bridgehead atoms. The zero-order valence-corrected chi connectivity index (χ0v) is 10.7. The minimum Gasteiger partial charge on any atom is -0.366 e. The minimum absolute atomic E-state index is 0.385. The average Bonchev–Trinajstić information content (AvgIpc) is 2.45. The Kier molecular flexibility index (Phi) is 4.64. The van der Waals surface area contributed by atoms with E-state index in [4.69, 9.17) is 5.73 Å². The molecule has 0 radical (unpaired) electrons. The Morgan fingerprint density at radius 1 is 1.21 bits per heavy atom. The largest absolute Gasteiger partial charge is 0.366 e. The minimum atomic E-state index is -0.385. The SMILES string of the molecule is NC(=O)c1ccccc1CNCCc1cccnc1. The number of aromatic nitrogens is 1. The van der Waals surface area contributed by atoms with Crippen molar-refractivity contribution in [2.24, 2.45) is 5.73 Å². The fourth-order valence-corrected chi connectivity index (χ4v) is 1.92. The van der Waals surface area contributed by atoms with Crippen molar-refractivity contribution in [3.8, 4) is 0 Å². The molecule has 4 nitrogen and oxygen atoms in total. The summed E-state index contributed by atoms with van der Waals surface area (Å²) in [6, 6.07) is 11.4. The Hall–Kier alpha value is -2.20. The summed E-state index contributed by atoms with van der Waals surface area (Å²) in [6.45, 7) is 1.47. The predicted molar refractivity (Wildman–Crippen MR) is 74.6 cm³/mol. The van der Waals surface area contributed by atoms with E-state index in [2.05, 4.69) is 10.3 Å². The molecule has 2 rings (SSSR count). The van der Waals surface area contributed by atoms with Crippen LogP contribution in [0.1, 0.15) is 21.5 Å². The molecule has 0 saturated carbocycles. The van der Waals surface area contributed by atoms with Gasteiger partial charge in [-0.15, -0.1) is 0 Å². The summed E-state index contributed by atoms with van der Waals surface area (Å²) in [7, 11) is 0. The summed E-state index contributed by atoms with van der Waals surface area (Å²) in [5.41, 5.74) is 8.04. The van der Waals surface area contributed by atoms with E-state index in [0.717, 1.165) is 18.5 Å². The van der Waals surface area contributed by atoms with Gasteiger partial charge in [-0.3, -0.25) is 9.78 Å². The van der Waals surface area contributed by atoms with Gasteiger partial charge in [-0.2, -0.15) is 0 Å². The van der Waals surface area contributed by atoms with E-state index < -0.39 is 0 Å². The van der Waals surface area contributed by atoms with Crippen molar-refractivity contribution in [3.05, 3.63) is 65.5 Å². The monoisotopic (exact) mass is 255 g/mol. The van der Waals surface area contributed by atoms with E-state index in [-0.39, 0.29) is 5.91 Å². The van der Waals surface area contributed by atoms with Gasteiger partial charge in [0.05, 0.1) is 0 Å². The van der Waals surface area contributed by atoms with Gasteiger partial charge in [0.1, 0.15) is 0 Å². The zero-order chi connectivity index (χ0) is 13.5. The number of nitrogens with one attached hydrogen (secondary N) is 1. The van der Waals surface area contributed by atoms with Crippen LogP contribution in [0.4, 0.5) is 0 Å². The Balaban J connectivity index is 1.85. The summed E-state index contributed by atoms with van der Waals surface area (Å²) in [5.74, 6) is -0.385. The van der Waals surface area contributed by atoms with Crippen LogP contribution in [0.3, 0.4) is 0 Å². The Morgan fingerprint density at radius 2 is 2.05 bits per heavy atom. The molecule has 0 fully saturated rings. The molecule has 0 aliphatic heterocycles. The lowest BCUT2D eigenvalue weighted by Gasteiger charge is -2.08. The summed E-state index contributed by atoms with van der Waals surface area (Å²) in [5, 5.41) is 3.31. The van der Waals surface area contributed by atoms with E-state index >= 15 is 0 Å². The first-order valence-corrected chi connectivity index (χ1v) is 6.24. The maximum absolute atomic E-state index is 11.3. The number of carbonyl (C=O) groups excluding carboxylic acids is 1. The predicted octanol–water partition coefficient (Wildman–Crippen LogP) is 1.51. The third-order valence-electron chi connectivity index (χ3n) is 2.91. The van der Waals surface area contributed by atoms with E-state index in [1.807, 2.05) is 36.5 Å². The maximum Gasteiger partial charge on any atom is 0.249 e. The third kappa shape index (κ3) is 3.89. The number of hydrogen-bond donors (Lipinski definition) is 2. The molecule has 0 saturated heterocycles. The Bertz CT molecular complexity index is 540. The molecule has 0 atom stereocenters. The highest BCUT2D eigenvalue weighted by Crippen LogP contribution is 2.07. The third-order valence-corrected chi connectivity index (χ3v) is 2.91. The zero-order valence-electron chi connectivity index (χ0n) is 10.7. The smallest absolute Gasteiger partial charge is 0.249 e. The molecule has 2 aromatic rings. The number of benzene rings is 1. The molecule has 98 valence electrons. The van der Waals surface area contributed by atoms with Crippen LogP contribution in [0, 0.1) is 0 Å². The highest BCUT2D eigenvalue weighted by atomic mass is 16.1. The molecule has 0 aliphatic rings. The van der Waals surface area contributed by atoms with Crippen LogP contribution >= 0.6 is 0 Å². The first kappa shape index (κ1) is 13.2. The molecule has 0 unspecified atom stereocenters. The topological polar surface area (TPSA) is 68.0 Å². The van der Waals surface area contributed by atoms with Crippen LogP contribution < -0.4 is 11.1 Å². The van der Waals surface area contributed by atoms with Gasteiger partial charge in [-0.1, -0.05) is 24.3 Å². The van der Waals surface area contributed by atoms with Crippen LogP contribution in [0.5, 0.6) is 0 Å². The molecule has 1 aromatic heterocycles. The molecular weight excluding hydrogens is 238 g/mol. The van der Waals surface area contributed by atoms with Crippen molar-refractivity contribution in [1.29, 1.82) is 0 Å². The van der Waals surface area contributed by atoms with E-state index in [9.17, 15) is 4.79 Å². The number of primary amides is 1. The number of hydrogen-bond acceptors (Lipinski definition) is 3. The van der Waals surface area contributed by atoms with Crippen LogP contribution in [0.25, 0.3) is 0 Å². The van der Waals surface area contributed by atoms with Gasteiger partial charge in [0.25, 0.3) is 0 Å². The first-order valence-electron chi connectivity index (χ1n) is 6.24. The van der Waals surface area contributed by atoms with Gasteiger partial charge in [0.2, 0.25) is 5.91 Å². The number of amides is 1.